The zero-order valence-corrected chi connectivity index (χ0v) is 16.9. The van der Waals surface area contributed by atoms with E-state index in [9.17, 15) is 4.79 Å². The lowest BCUT2D eigenvalue weighted by Gasteiger charge is -2.05. The van der Waals surface area contributed by atoms with Gasteiger partial charge in [-0.15, -0.1) is 0 Å². The van der Waals surface area contributed by atoms with E-state index in [-0.39, 0.29) is 5.91 Å². The highest BCUT2D eigenvalue weighted by atomic mass is 35.5. The molecule has 0 bridgehead atoms. The number of thioether (sulfide) groups is 1. The van der Waals surface area contributed by atoms with E-state index in [1.54, 1.807) is 42.1 Å². The highest BCUT2D eigenvalue weighted by Gasteiger charge is 2.01. The van der Waals surface area contributed by atoms with Crippen molar-refractivity contribution in [2.75, 3.05) is 12.3 Å². The topological polar surface area (TPSA) is 29.1 Å². The number of nitrogens with one attached hydrogen (secondary N) is 1. The number of carbonyl (C=O) groups excluding carboxylic acids is 1. The smallest absolute Gasteiger partial charge is 0.244 e. The molecule has 0 fully saturated rings. The van der Waals surface area contributed by atoms with Crippen LogP contribution < -0.4 is 5.32 Å². The molecule has 0 aliphatic heterocycles. The molecule has 0 saturated carbocycles. The Bertz CT molecular complexity index is 780. The van der Waals surface area contributed by atoms with Crippen molar-refractivity contribution >= 4 is 70.1 Å². The Labute approximate surface area is 171 Å². The maximum atomic E-state index is 11.8. The first-order chi connectivity index (χ1) is 12.0. The second kappa shape index (κ2) is 10.3. The van der Waals surface area contributed by atoms with E-state index in [0.29, 0.717) is 26.6 Å². The summed E-state index contributed by atoms with van der Waals surface area (Å²) in [6.07, 6.45) is 3.12. The number of amides is 1. The van der Waals surface area contributed by atoms with Gasteiger partial charge in [0.2, 0.25) is 5.91 Å². The van der Waals surface area contributed by atoms with Gasteiger partial charge in [0.25, 0.3) is 0 Å². The average molecular weight is 435 g/mol. The molecule has 1 N–H and O–H groups in total. The Hall–Kier alpha value is -0.840. The molecule has 0 spiro atoms. The van der Waals surface area contributed by atoms with Crippen molar-refractivity contribution in [2.24, 2.45) is 0 Å². The molecule has 0 atom stereocenters. The lowest BCUT2D eigenvalue weighted by Crippen LogP contribution is -2.23. The van der Waals surface area contributed by atoms with Gasteiger partial charge in [-0.05, 0) is 41.5 Å². The first-order valence-corrected chi connectivity index (χ1v) is 10.0. The summed E-state index contributed by atoms with van der Waals surface area (Å²) in [4.78, 5) is 11.8. The van der Waals surface area contributed by atoms with Crippen LogP contribution in [-0.4, -0.2) is 18.2 Å². The van der Waals surface area contributed by atoms with E-state index in [0.717, 1.165) is 22.6 Å². The molecule has 0 heterocycles. The molecule has 0 saturated heterocycles. The van der Waals surface area contributed by atoms with Crippen molar-refractivity contribution < 1.29 is 4.79 Å². The van der Waals surface area contributed by atoms with Gasteiger partial charge >= 0.3 is 0 Å². The Kier molecular flexibility index (Phi) is 8.47. The van der Waals surface area contributed by atoms with Crippen LogP contribution in [-0.2, 0) is 10.5 Å². The first-order valence-electron chi connectivity index (χ1n) is 7.38. The number of rotatable bonds is 7. The van der Waals surface area contributed by atoms with Crippen molar-refractivity contribution in [3.63, 3.8) is 0 Å². The molecular weight excluding hydrogens is 420 g/mol. The number of halogens is 4. The Morgan fingerprint density at radius 1 is 1.00 bits per heavy atom. The van der Waals surface area contributed by atoms with E-state index < -0.39 is 0 Å². The van der Waals surface area contributed by atoms with Crippen LogP contribution in [0, 0.1) is 0 Å². The summed E-state index contributed by atoms with van der Waals surface area (Å²) in [5, 5.41) is 5.00. The Balaban J connectivity index is 1.69. The van der Waals surface area contributed by atoms with Gasteiger partial charge < -0.3 is 5.32 Å². The van der Waals surface area contributed by atoms with E-state index in [4.69, 9.17) is 46.4 Å². The van der Waals surface area contributed by atoms with Crippen LogP contribution >= 0.6 is 58.2 Å². The highest BCUT2D eigenvalue weighted by molar-refractivity contribution is 7.98. The highest BCUT2D eigenvalue weighted by Crippen LogP contribution is 2.24. The predicted molar refractivity (Wildman–Crippen MR) is 111 cm³/mol. The van der Waals surface area contributed by atoms with Crippen LogP contribution in [0.5, 0.6) is 0 Å². The fourth-order valence-corrected chi connectivity index (χ4v) is 3.53. The van der Waals surface area contributed by atoms with Crippen LogP contribution in [0.4, 0.5) is 0 Å². The lowest BCUT2D eigenvalue weighted by atomic mass is 10.2. The number of hydrogen-bond donors (Lipinski definition) is 1. The van der Waals surface area contributed by atoms with Crippen molar-refractivity contribution in [2.45, 2.75) is 5.75 Å². The zero-order valence-electron chi connectivity index (χ0n) is 13.1. The van der Waals surface area contributed by atoms with Crippen LogP contribution in [0.25, 0.3) is 6.08 Å². The summed E-state index contributed by atoms with van der Waals surface area (Å²) >= 11 is 25.4. The van der Waals surface area contributed by atoms with Gasteiger partial charge in [0.1, 0.15) is 0 Å². The average Bonchev–Trinajstić information content (AvgIpc) is 2.57. The molecule has 0 aromatic heterocycles. The molecule has 2 aromatic carbocycles. The van der Waals surface area contributed by atoms with Gasteiger partial charge in [0.15, 0.2) is 0 Å². The Morgan fingerprint density at radius 3 is 2.52 bits per heavy atom. The molecular formula is C18H15Cl4NOS. The van der Waals surface area contributed by atoms with E-state index in [1.165, 1.54) is 6.08 Å². The van der Waals surface area contributed by atoms with Crippen molar-refractivity contribution in [3.8, 4) is 0 Å². The number of benzene rings is 2. The molecule has 0 aliphatic rings. The van der Waals surface area contributed by atoms with Gasteiger partial charge in [-0.25, -0.2) is 0 Å². The van der Waals surface area contributed by atoms with Crippen molar-refractivity contribution in [1.29, 1.82) is 0 Å². The molecule has 25 heavy (non-hydrogen) atoms. The minimum atomic E-state index is -0.166. The third kappa shape index (κ3) is 7.12. The SMILES string of the molecule is O=C(C=Cc1ccc(Cl)cc1Cl)NCCSCc1ccc(Cl)c(Cl)c1. The third-order valence-electron chi connectivity index (χ3n) is 3.18. The second-order valence-corrected chi connectivity index (χ2v) is 7.85. The molecule has 2 rings (SSSR count). The monoisotopic (exact) mass is 433 g/mol. The summed E-state index contributed by atoms with van der Waals surface area (Å²) in [5.74, 6) is 1.44. The fraction of sp³-hybridized carbons (Fsp3) is 0.167. The number of hydrogen-bond acceptors (Lipinski definition) is 2. The molecule has 2 aromatic rings. The minimum Gasteiger partial charge on any atom is -0.352 e. The quantitative estimate of drug-likeness (QED) is 0.405. The molecule has 7 heteroatoms. The van der Waals surface area contributed by atoms with E-state index >= 15 is 0 Å². The predicted octanol–water partition coefficient (Wildman–Crippen LogP) is 6.36. The van der Waals surface area contributed by atoms with Crippen LogP contribution in [0.15, 0.2) is 42.5 Å². The van der Waals surface area contributed by atoms with Crippen molar-refractivity contribution in [1.82, 2.24) is 5.32 Å². The summed E-state index contributed by atoms with van der Waals surface area (Å²) in [6.45, 7) is 0.573. The van der Waals surface area contributed by atoms with Gasteiger partial charge in [0, 0.05) is 34.2 Å². The fourth-order valence-electron chi connectivity index (χ4n) is 1.93. The summed E-state index contributed by atoms with van der Waals surface area (Å²) in [7, 11) is 0. The number of carbonyl (C=O) groups is 1. The normalized spacial score (nSPS) is 11.0. The maximum absolute atomic E-state index is 11.8. The molecule has 132 valence electrons. The van der Waals surface area contributed by atoms with Gasteiger partial charge in [-0.3, -0.25) is 4.79 Å². The summed E-state index contributed by atoms with van der Waals surface area (Å²) in [6, 6.07) is 10.7. The second-order valence-electron chi connectivity index (χ2n) is 5.09. The largest absolute Gasteiger partial charge is 0.352 e. The van der Waals surface area contributed by atoms with Crippen LogP contribution in [0.2, 0.25) is 20.1 Å². The zero-order chi connectivity index (χ0) is 18.2. The standard InChI is InChI=1S/C18H15Cl4NOS/c19-14-4-2-13(16(21)10-14)3-6-18(24)23-7-8-25-11-12-1-5-15(20)17(22)9-12/h1-6,9-10H,7-8,11H2,(H,23,24). The first kappa shape index (κ1) is 20.5. The molecule has 0 aliphatic carbocycles. The van der Waals surface area contributed by atoms with Crippen LogP contribution in [0.1, 0.15) is 11.1 Å². The molecule has 0 radical (unpaired) electrons. The van der Waals surface area contributed by atoms with Gasteiger partial charge in [0.05, 0.1) is 10.0 Å². The summed E-state index contributed by atoms with van der Waals surface area (Å²) < 4.78 is 0. The minimum absolute atomic E-state index is 0.166. The van der Waals surface area contributed by atoms with Gasteiger partial charge in [-0.1, -0.05) is 58.5 Å². The van der Waals surface area contributed by atoms with Crippen molar-refractivity contribution in [3.05, 3.63) is 73.7 Å². The molecule has 1 amide bonds. The lowest BCUT2D eigenvalue weighted by molar-refractivity contribution is -0.116. The molecule has 0 unspecified atom stereocenters. The van der Waals surface area contributed by atoms with Gasteiger partial charge in [-0.2, -0.15) is 11.8 Å². The van der Waals surface area contributed by atoms with Crippen LogP contribution in [0.3, 0.4) is 0 Å². The van der Waals surface area contributed by atoms with E-state index in [2.05, 4.69) is 5.32 Å². The Morgan fingerprint density at radius 2 is 1.80 bits per heavy atom. The molecule has 2 nitrogen and oxygen atoms in total. The van der Waals surface area contributed by atoms with E-state index in [1.807, 2.05) is 12.1 Å². The third-order valence-corrected chi connectivity index (χ3v) is 5.51. The summed E-state index contributed by atoms with van der Waals surface area (Å²) in [5.41, 5.74) is 1.85. The maximum Gasteiger partial charge on any atom is 0.244 e.